The first-order chi connectivity index (χ1) is 26.9. The number of likely N-dealkylation sites (tertiary alicyclic amines) is 1. The largest absolute Gasteiger partial charge is 0.508 e. The van der Waals surface area contributed by atoms with E-state index in [0.717, 1.165) is 36.0 Å². The van der Waals surface area contributed by atoms with Crippen LogP contribution in [0.3, 0.4) is 0 Å². The van der Waals surface area contributed by atoms with Gasteiger partial charge in [0.15, 0.2) is 0 Å². The first kappa shape index (κ1) is 41.6. The van der Waals surface area contributed by atoms with Crippen LogP contribution in [0.15, 0.2) is 95.6 Å². The van der Waals surface area contributed by atoms with Crippen LogP contribution in [0.4, 0.5) is 0 Å². The fourth-order valence-corrected chi connectivity index (χ4v) is 14.1. The molecule has 0 saturated carbocycles. The Hall–Kier alpha value is -4.02. The van der Waals surface area contributed by atoms with Gasteiger partial charge in [-0.05, 0) is 88.8 Å². The second-order valence-electron chi connectivity index (χ2n) is 16.6. The smallest absolute Gasteiger partial charge is 0.303 e. The van der Waals surface area contributed by atoms with Crippen LogP contribution in [0, 0.1) is 17.8 Å². The van der Waals surface area contributed by atoms with E-state index >= 15 is 0 Å². The lowest BCUT2D eigenvalue weighted by Gasteiger charge is -2.44. The van der Waals surface area contributed by atoms with Crippen molar-refractivity contribution in [2.24, 2.45) is 17.8 Å². The summed E-state index contributed by atoms with van der Waals surface area (Å²) in [6, 6.07) is 26.1. The summed E-state index contributed by atoms with van der Waals surface area (Å²) >= 11 is 6.52. The van der Waals surface area contributed by atoms with Crippen LogP contribution in [0.2, 0.25) is 10.1 Å². The number of ether oxygens (including phenoxy) is 1. The molecule has 6 rings (SSSR count). The summed E-state index contributed by atoms with van der Waals surface area (Å²) in [5, 5.41) is 21.6. The third-order valence-corrected chi connectivity index (χ3v) is 17.2. The number of carboxylic acid groups (broad SMARTS) is 1. The summed E-state index contributed by atoms with van der Waals surface area (Å²) in [4.78, 5) is 40.8. The number of halogens is 1. The van der Waals surface area contributed by atoms with Crippen molar-refractivity contribution in [3.8, 4) is 5.75 Å². The van der Waals surface area contributed by atoms with Gasteiger partial charge in [-0.25, -0.2) is 0 Å². The summed E-state index contributed by atoms with van der Waals surface area (Å²) in [5.41, 5.74) is 4.27. The zero-order valence-corrected chi connectivity index (χ0v) is 34.9. The quantitative estimate of drug-likeness (QED) is 0.0610. The number of nitrogens with zero attached hydrogens (tertiary/aromatic N) is 1. The summed E-state index contributed by atoms with van der Waals surface area (Å²) < 4.78 is 14.2. The van der Waals surface area contributed by atoms with Crippen molar-refractivity contribution in [3.05, 3.63) is 106 Å². The lowest BCUT2D eigenvalue weighted by atomic mass is 9.69. The Morgan fingerprint density at radius 1 is 0.929 bits per heavy atom. The lowest BCUT2D eigenvalue weighted by Crippen LogP contribution is -2.66. The van der Waals surface area contributed by atoms with Gasteiger partial charge >= 0.3 is 5.97 Å². The van der Waals surface area contributed by atoms with E-state index in [9.17, 15) is 19.5 Å². The van der Waals surface area contributed by atoms with Crippen molar-refractivity contribution in [1.29, 1.82) is 0 Å². The van der Waals surface area contributed by atoms with Gasteiger partial charge in [0.1, 0.15) is 5.75 Å². The second kappa shape index (κ2) is 18.1. The Labute approximate surface area is 337 Å². The van der Waals surface area contributed by atoms with Crippen LogP contribution in [0.5, 0.6) is 5.75 Å². The number of aliphatic carboxylic acids is 1. The Kier molecular flexibility index (Phi) is 13.4. The molecule has 56 heavy (non-hydrogen) atoms. The van der Waals surface area contributed by atoms with Crippen LogP contribution < -0.4 is 10.4 Å². The predicted octanol–water partition coefficient (Wildman–Crippen LogP) is 8.55. The van der Waals surface area contributed by atoms with E-state index in [1.165, 1.54) is 20.8 Å². The van der Waals surface area contributed by atoms with Crippen molar-refractivity contribution in [1.82, 2.24) is 4.90 Å². The number of carbonyl (C=O) groups excluding carboxylic acids is 2. The molecule has 2 N–H and O–H groups in total. The van der Waals surface area contributed by atoms with Gasteiger partial charge in [-0.3, -0.25) is 19.3 Å². The summed E-state index contributed by atoms with van der Waals surface area (Å²) in [6.45, 7) is 9.93. The maximum atomic E-state index is 14.2. The van der Waals surface area contributed by atoms with Gasteiger partial charge in [0.05, 0.1) is 36.2 Å². The number of amides is 2. The van der Waals surface area contributed by atoms with Gasteiger partial charge in [-0.1, -0.05) is 124 Å². The zero-order valence-electron chi connectivity index (χ0n) is 33.1. The molecule has 0 aromatic heterocycles. The van der Waals surface area contributed by atoms with Crippen molar-refractivity contribution in [3.63, 3.8) is 0 Å². The predicted molar refractivity (Wildman–Crippen MR) is 223 cm³/mol. The van der Waals surface area contributed by atoms with Gasteiger partial charge in [0, 0.05) is 18.9 Å². The molecule has 3 aromatic carbocycles. The number of imide groups is 1. The monoisotopic (exact) mass is 797 g/mol. The number of phenolic OH excluding ortho intramolecular Hbond substituents is 1. The highest BCUT2D eigenvalue weighted by Gasteiger charge is 2.57. The van der Waals surface area contributed by atoms with Crippen molar-refractivity contribution in [2.45, 2.75) is 96.6 Å². The molecular formula is C46H56ClNO7Si. The van der Waals surface area contributed by atoms with Gasteiger partial charge in [-0.15, -0.1) is 0 Å². The molecule has 1 aliphatic carbocycles. The van der Waals surface area contributed by atoms with E-state index in [0.29, 0.717) is 56.9 Å². The van der Waals surface area contributed by atoms with Gasteiger partial charge < -0.3 is 19.4 Å². The highest BCUT2D eigenvalue weighted by atomic mass is 35.5. The average molecular weight is 798 g/mol. The minimum atomic E-state index is -2.93. The van der Waals surface area contributed by atoms with E-state index in [1.54, 1.807) is 12.1 Å². The van der Waals surface area contributed by atoms with E-state index in [1.807, 2.05) is 18.2 Å². The molecule has 298 valence electrons. The minimum Gasteiger partial charge on any atom is -0.508 e. The molecule has 2 aliphatic heterocycles. The molecule has 3 aliphatic rings. The Morgan fingerprint density at radius 3 is 2.21 bits per heavy atom. The highest BCUT2D eigenvalue weighted by molar-refractivity contribution is 6.99. The van der Waals surface area contributed by atoms with E-state index in [-0.39, 0.29) is 41.0 Å². The van der Waals surface area contributed by atoms with Gasteiger partial charge in [0.25, 0.3) is 8.32 Å². The first-order valence-corrected chi connectivity index (χ1v) is 22.5. The van der Waals surface area contributed by atoms with Crippen LogP contribution in [-0.2, 0) is 23.5 Å². The van der Waals surface area contributed by atoms with Crippen LogP contribution in [-0.4, -0.2) is 67.1 Å². The van der Waals surface area contributed by atoms with Crippen molar-refractivity contribution in [2.75, 3.05) is 19.8 Å². The Bertz CT molecular complexity index is 1900. The number of hydrogen-bond donors (Lipinski definition) is 2. The number of aromatic hydroxyl groups is 1. The molecule has 0 radical (unpaired) electrons. The lowest BCUT2D eigenvalue weighted by molar-refractivity contribution is -0.141. The van der Waals surface area contributed by atoms with Crippen LogP contribution in [0.25, 0.3) is 6.08 Å². The third-order valence-electron chi connectivity index (χ3n) is 11.9. The molecule has 8 nitrogen and oxygen atoms in total. The summed E-state index contributed by atoms with van der Waals surface area (Å²) in [7, 11) is -2.93. The number of carbonyl (C=O) groups is 3. The number of fused-ring (bicyclic) bond motifs is 3. The molecule has 2 amide bonds. The SMILES string of the molecule is CCC/C(=C\c1ccc(O)cc1Cl)CC[C@H]1OC[C@H]2C1=C(CO[Si](c1ccccc1)(c1ccccc1)C(C)(C)C)C[C@H]1C(=O)N(CCCCCC(=O)O)C(=O)[C@H]12. The average Bonchev–Trinajstić information content (AvgIpc) is 3.69. The molecule has 10 heteroatoms. The molecular weight excluding hydrogens is 742 g/mol. The molecule has 3 aromatic rings. The Morgan fingerprint density at radius 2 is 1.61 bits per heavy atom. The summed E-state index contributed by atoms with van der Waals surface area (Å²) in [6.07, 6.45) is 7.44. The van der Waals surface area contributed by atoms with Crippen LogP contribution >= 0.6 is 11.6 Å². The molecule has 0 bridgehead atoms. The minimum absolute atomic E-state index is 0.0764. The number of benzene rings is 3. The highest BCUT2D eigenvalue weighted by Crippen LogP contribution is 2.50. The van der Waals surface area contributed by atoms with E-state index < -0.39 is 26.1 Å². The molecule has 0 unspecified atom stereocenters. The van der Waals surface area contributed by atoms with Crippen LogP contribution in [0.1, 0.15) is 91.0 Å². The number of hydrogen-bond acceptors (Lipinski definition) is 6. The zero-order chi connectivity index (χ0) is 40.0. The van der Waals surface area contributed by atoms with Crippen molar-refractivity contribution >= 4 is 54.2 Å². The number of phenols is 1. The van der Waals surface area contributed by atoms with Gasteiger partial charge in [0.2, 0.25) is 11.8 Å². The first-order valence-electron chi connectivity index (χ1n) is 20.2. The topological polar surface area (TPSA) is 113 Å². The fourth-order valence-electron chi connectivity index (χ4n) is 9.33. The maximum Gasteiger partial charge on any atom is 0.303 e. The normalized spacial score (nSPS) is 21.4. The maximum absolute atomic E-state index is 14.2. The molecule has 2 fully saturated rings. The molecule has 4 atom stereocenters. The van der Waals surface area contributed by atoms with E-state index in [2.05, 4.69) is 82.3 Å². The molecule has 2 heterocycles. The number of allylic oxidation sites excluding steroid dienone is 1. The molecule has 0 spiro atoms. The molecule has 2 saturated heterocycles. The summed E-state index contributed by atoms with van der Waals surface area (Å²) in [5.74, 6) is -2.18. The number of rotatable bonds is 17. The number of carboxylic acids is 1. The fraction of sp³-hybridized carbons (Fsp3) is 0.457. The second-order valence-corrected chi connectivity index (χ2v) is 21.3. The van der Waals surface area contributed by atoms with E-state index in [4.69, 9.17) is 25.9 Å². The Balaban J connectivity index is 1.35. The standard InChI is InChI=1S/C46H56ClNO7Si/c1-5-15-31(26-32-22-23-34(49)28-39(32)47)21-24-40-42-33(29-55-56(46(2,3)4,35-16-9-6-10-17-35)36-18-11-7-12-19-36)27-37-43(38(42)30-54-40)45(53)48(44(37)52)25-14-8-13-20-41(50)51/h6-7,9-12,16-19,22-23,26,28,37-38,40,43,49H,5,8,13-15,20-21,24-25,27,29-30H2,1-4H3,(H,50,51)/b31-26+/t37-,38+,40-,43-/m1/s1. The third kappa shape index (κ3) is 8.76. The van der Waals surface area contributed by atoms with Crippen molar-refractivity contribution < 1.29 is 33.8 Å². The number of unbranched alkanes of at least 4 members (excludes halogenated alkanes) is 2. The van der Waals surface area contributed by atoms with Gasteiger partial charge in [-0.2, -0.15) is 0 Å².